The van der Waals surface area contributed by atoms with Crippen LogP contribution in [0, 0.1) is 0 Å². The lowest BCUT2D eigenvalue weighted by molar-refractivity contribution is 0.304. The fourth-order valence-electron chi connectivity index (χ4n) is 4.64. The predicted molar refractivity (Wildman–Crippen MR) is 159 cm³/mol. The molecule has 0 amide bonds. The number of aromatic amines is 2. The molecular formula is C32H42ClN3O. The number of aromatic nitrogens is 2. The minimum absolute atomic E-state index is 0. The lowest BCUT2D eigenvalue weighted by atomic mass is 10.1. The first-order chi connectivity index (χ1) is 17.8. The van der Waals surface area contributed by atoms with Crippen LogP contribution in [0.3, 0.4) is 0 Å². The number of unbranched alkanes of at least 4 members (excludes halogenated alkanes) is 8. The molecule has 0 fully saturated rings. The number of hydrogen-bond donors (Lipinski definition) is 2. The van der Waals surface area contributed by atoms with E-state index in [-0.39, 0.29) is 12.4 Å². The largest absolute Gasteiger partial charge is 0.487 e. The molecule has 2 N–H and O–H groups in total. The summed E-state index contributed by atoms with van der Waals surface area (Å²) < 4.78 is 6.22. The molecule has 0 unspecified atom stereocenters. The Morgan fingerprint density at radius 2 is 1.59 bits per heavy atom. The fraction of sp³-hybridized carbons (Fsp3) is 0.406. The standard InChI is InChI=1S/C32H41N3O.ClH/c1-2-3-4-5-6-7-8-9-13-17-27-19-20-28(34-27)21-22-30-32(36-25-26-15-11-10-12-16-26)24-31(35-30)29-18-14-23-33-29;/h10-12,14-16,18-21,23-24,33,35H,2-9,13,17,22,25H2,1H3;1H. The Balaban J connectivity index is 0.00000380. The van der Waals surface area contributed by atoms with E-state index in [2.05, 4.69) is 59.4 Å². The van der Waals surface area contributed by atoms with Crippen LogP contribution in [0.15, 0.2) is 83.6 Å². The van der Waals surface area contributed by atoms with Crippen LogP contribution in [0.5, 0.6) is 5.75 Å². The summed E-state index contributed by atoms with van der Waals surface area (Å²) in [5.41, 5.74) is 6.58. The molecule has 0 saturated heterocycles. The van der Waals surface area contributed by atoms with E-state index in [0.29, 0.717) is 6.61 Å². The van der Waals surface area contributed by atoms with Crippen LogP contribution >= 0.6 is 12.4 Å². The quantitative estimate of drug-likeness (QED) is 0.182. The summed E-state index contributed by atoms with van der Waals surface area (Å²) in [6.07, 6.45) is 22.5. The Bertz CT molecular complexity index is 1130. The van der Waals surface area contributed by atoms with Crippen molar-refractivity contribution in [2.75, 3.05) is 0 Å². The SMILES string of the molecule is CCCCCCCCCCCC1=NC(=CCc2[nH]c(-c3ccc[nH]3)cc2OCc2ccccc2)C=C1.Cl. The van der Waals surface area contributed by atoms with Gasteiger partial charge in [0.05, 0.1) is 22.8 Å². The number of rotatable bonds is 16. The Morgan fingerprint density at radius 1 is 0.838 bits per heavy atom. The highest BCUT2D eigenvalue weighted by Crippen LogP contribution is 2.28. The molecular weight excluding hydrogens is 478 g/mol. The molecule has 0 aliphatic carbocycles. The lowest BCUT2D eigenvalue weighted by Crippen LogP contribution is -1.97. The minimum atomic E-state index is 0. The van der Waals surface area contributed by atoms with E-state index in [4.69, 9.17) is 9.73 Å². The van der Waals surface area contributed by atoms with E-state index in [9.17, 15) is 0 Å². The van der Waals surface area contributed by atoms with Crippen LogP contribution in [0.2, 0.25) is 0 Å². The maximum Gasteiger partial charge on any atom is 0.141 e. The highest BCUT2D eigenvalue weighted by molar-refractivity contribution is 5.98. The normalized spacial score (nSPS) is 13.6. The summed E-state index contributed by atoms with van der Waals surface area (Å²) in [6, 6.07) is 16.5. The predicted octanol–water partition coefficient (Wildman–Crippen LogP) is 9.37. The Hall–Kier alpha value is -2.98. The third-order valence-electron chi connectivity index (χ3n) is 6.75. The average molecular weight is 520 g/mol. The number of nitrogens with zero attached hydrogens (tertiary/aromatic N) is 1. The Morgan fingerprint density at radius 3 is 2.32 bits per heavy atom. The van der Waals surface area contributed by atoms with Gasteiger partial charge in [-0.1, -0.05) is 94.7 Å². The number of benzene rings is 1. The molecule has 4 rings (SSSR count). The van der Waals surface area contributed by atoms with Crippen molar-refractivity contribution in [2.24, 2.45) is 4.99 Å². The summed E-state index contributed by atoms with van der Waals surface area (Å²) in [5, 5.41) is 0. The topological polar surface area (TPSA) is 53.2 Å². The average Bonchev–Trinajstić information content (AvgIpc) is 3.67. The molecule has 4 nitrogen and oxygen atoms in total. The molecule has 0 bridgehead atoms. The Labute approximate surface area is 228 Å². The van der Waals surface area contributed by atoms with Crippen molar-refractivity contribution in [2.45, 2.75) is 84.2 Å². The lowest BCUT2D eigenvalue weighted by Gasteiger charge is -2.06. The van der Waals surface area contributed by atoms with Crippen molar-refractivity contribution in [3.05, 3.63) is 89.9 Å². The number of ether oxygens (including phenoxy) is 1. The molecule has 3 aromatic rings. The third kappa shape index (κ3) is 9.44. The molecule has 3 heterocycles. The number of aliphatic imine (C=N–C) groups is 1. The third-order valence-corrected chi connectivity index (χ3v) is 6.75. The van der Waals surface area contributed by atoms with Crippen molar-refractivity contribution in [3.63, 3.8) is 0 Å². The highest BCUT2D eigenvalue weighted by atomic mass is 35.5. The molecule has 37 heavy (non-hydrogen) atoms. The molecule has 1 aromatic carbocycles. The van der Waals surface area contributed by atoms with Crippen molar-refractivity contribution in [3.8, 4) is 17.1 Å². The highest BCUT2D eigenvalue weighted by Gasteiger charge is 2.12. The monoisotopic (exact) mass is 519 g/mol. The van der Waals surface area contributed by atoms with Crippen molar-refractivity contribution >= 4 is 18.1 Å². The maximum absolute atomic E-state index is 6.22. The van der Waals surface area contributed by atoms with Gasteiger partial charge in [-0.3, -0.25) is 4.99 Å². The van der Waals surface area contributed by atoms with Crippen LogP contribution in [-0.4, -0.2) is 15.7 Å². The summed E-state index contributed by atoms with van der Waals surface area (Å²) in [6.45, 7) is 2.83. The maximum atomic E-state index is 6.22. The van der Waals surface area contributed by atoms with Crippen molar-refractivity contribution in [1.82, 2.24) is 9.97 Å². The van der Waals surface area contributed by atoms with E-state index in [1.165, 1.54) is 63.5 Å². The zero-order chi connectivity index (χ0) is 24.8. The second kappa shape index (κ2) is 16.0. The smallest absolute Gasteiger partial charge is 0.141 e. The first-order valence-electron chi connectivity index (χ1n) is 13.8. The number of nitrogens with one attached hydrogen (secondary N) is 2. The molecule has 2 aromatic heterocycles. The van der Waals surface area contributed by atoms with Gasteiger partial charge in [-0.15, -0.1) is 12.4 Å². The van der Waals surface area contributed by atoms with Crippen molar-refractivity contribution < 1.29 is 4.74 Å². The van der Waals surface area contributed by atoms with Gasteiger partial charge in [-0.2, -0.15) is 0 Å². The van der Waals surface area contributed by atoms with E-state index in [1.54, 1.807) is 0 Å². The van der Waals surface area contributed by atoms with Crippen LogP contribution < -0.4 is 4.74 Å². The molecule has 1 aliphatic heterocycles. The first-order valence-corrected chi connectivity index (χ1v) is 13.8. The van der Waals surface area contributed by atoms with Crippen LogP contribution in [-0.2, 0) is 13.0 Å². The van der Waals surface area contributed by atoms with Crippen molar-refractivity contribution in [1.29, 1.82) is 0 Å². The van der Waals surface area contributed by atoms with Gasteiger partial charge in [-0.05, 0) is 42.7 Å². The molecule has 0 atom stereocenters. The van der Waals surface area contributed by atoms with E-state index >= 15 is 0 Å². The summed E-state index contributed by atoms with van der Waals surface area (Å²) >= 11 is 0. The summed E-state index contributed by atoms with van der Waals surface area (Å²) in [4.78, 5) is 11.7. The van der Waals surface area contributed by atoms with Crippen LogP contribution in [0.4, 0.5) is 0 Å². The molecule has 0 saturated carbocycles. The number of H-pyrrole nitrogens is 2. The van der Waals surface area contributed by atoms with Gasteiger partial charge in [0, 0.05) is 24.4 Å². The molecule has 0 spiro atoms. The van der Waals surface area contributed by atoms with Gasteiger partial charge in [0.2, 0.25) is 0 Å². The molecule has 5 heteroatoms. The first kappa shape index (κ1) is 28.6. The number of allylic oxidation sites excluding steroid dienone is 3. The zero-order valence-corrected chi connectivity index (χ0v) is 23.0. The molecule has 1 aliphatic rings. The van der Waals surface area contributed by atoms with Gasteiger partial charge in [0.1, 0.15) is 12.4 Å². The number of hydrogen-bond acceptors (Lipinski definition) is 2. The zero-order valence-electron chi connectivity index (χ0n) is 22.2. The molecule has 198 valence electrons. The van der Waals surface area contributed by atoms with Gasteiger partial charge in [0.25, 0.3) is 0 Å². The number of halogens is 1. The van der Waals surface area contributed by atoms with Gasteiger partial charge in [0.15, 0.2) is 0 Å². The van der Waals surface area contributed by atoms with E-state index < -0.39 is 0 Å². The Kier molecular flexibility index (Phi) is 12.4. The van der Waals surface area contributed by atoms with Gasteiger partial charge < -0.3 is 14.7 Å². The molecule has 0 radical (unpaired) electrons. The minimum Gasteiger partial charge on any atom is -0.487 e. The van der Waals surface area contributed by atoms with Gasteiger partial charge >= 0.3 is 0 Å². The van der Waals surface area contributed by atoms with Gasteiger partial charge in [-0.25, -0.2) is 0 Å². The van der Waals surface area contributed by atoms with E-state index in [0.717, 1.165) is 46.9 Å². The summed E-state index contributed by atoms with van der Waals surface area (Å²) in [5.74, 6) is 0.890. The van der Waals surface area contributed by atoms with Crippen LogP contribution in [0.25, 0.3) is 11.4 Å². The fourth-order valence-corrected chi connectivity index (χ4v) is 4.64. The van der Waals surface area contributed by atoms with Crippen LogP contribution in [0.1, 0.15) is 82.4 Å². The second-order valence-electron chi connectivity index (χ2n) is 9.73. The van der Waals surface area contributed by atoms with E-state index in [1.807, 2.05) is 30.5 Å². The second-order valence-corrected chi connectivity index (χ2v) is 9.73. The summed E-state index contributed by atoms with van der Waals surface area (Å²) in [7, 11) is 0.